The van der Waals surface area contributed by atoms with E-state index in [1.165, 1.54) is 5.57 Å². The molecule has 6 fully saturated rings. The number of carbonyl (C=O) groups is 1. The number of aliphatic hydroxyl groups is 5. The average Bonchev–Trinajstić information content (AvgIpc) is 3.84. The molecule has 0 spiro atoms. The Morgan fingerprint density at radius 2 is 1.57 bits per heavy atom. The van der Waals surface area contributed by atoms with Crippen molar-refractivity contribution in [2.45, 2.75) is 166 Å². The smallest absolute Gasteiger partial charge is 0.726 e. The monoisotopic (exact) mass is 862 g/mol. The quantitative estimate of drug-likeness (QED) is 0.0324. The van der Waals surface area contributed by atoms with Crippen LogP contribution < -0.4 is 64.2 Å². The van der Waals surface area contributed by atoms with Crippen LogP contribution in [0.15, 0.2) is 11.6 Å². The standard InChI is InChI=1S/C39H62O16S.2Na/c1-16(2)17(3)31-32(52-31)18(4)21-7-8-22-20-14-26(55-56(47,48)49)24-13-19(9-11-39(24,6)23(20)10-12-38(21,22)5)51-37-34(29(43)28(42)33(53-37)35(45)46)54-36-30(44)27(41)25(40)15-50-36;;/h10,16-22,24-34,36-37,40-44H,7-9,11-15H2,1-6H3,(H,45,46)(H,47,48,49);;/q;2*+1/p-2/t17-,18-,19-,20-,21+,22-,24+,25-,26-,27-,28-,29-,30+,31-,32-,33-,34+,36-,37+,38+,39+;;/m0../s1. The molecule has 0 radical (unpaired) electrons. The molecule has 3 heterocycles. The van der Waals surface area contributed by atoms with Gasteiger partial charge in [0, 0.05) is 0 Å². The first-order valence-electron chi connectivity index (χ1n) is 20.4. The number of aliphatic hydroxyl groups excluding tert-OH is 5. The second kappa shape index (κ2) is 18.6. The Balaban J connectivity index is 0.00000320. The first-order chi connectivity index (χ1) is 26.2. The Morgan fingerprint density at radius 1 is 0.879 bits per heavy atom. The van der Waals surface area contributed by atoms with E-state index in [-0.39, 0.29) is 95.0 Å². The number of fused-ring (bicyclic) bond motifs is 5. The van der Waals surface area contributed by atoms with Crippen LogP contribution >= 0.6 is 0 Å². The molecule has 0 aromatic rings. The van der Waals surface area contributed by atoms with Crippen molar-refractivity contribution in [2.24, 2.45) is 52.3 Å². The molecule has 0 amide bonds. The molecule has 0 unspecified atom stereocenters. The number of rotatable bonds is 11. The van der Waals surface area contributed by atoms with E-state index in [1.54, 1.807) is 0 Å². The van der Waals surface area contributed by atoms with Crippen LogP contribution in [-0.2, 0) is 43.1 Å². The molecule has 7 rings (SSSR count). The van der Waals surface area contributed by atoms with Gasteiger partial charge in [0.2, 0.25) is 10.4 Å². The van der Waals surface area contributed by atoms with Gasteiger partial charge in [-0.1, -0.05) is 53.2 Å². The van der Waals surface area contributed by atoms with E-state index < -0.39 is 102 Å². The number of carboxylic acid groups (broad SMARTS) is 1. The summed E-state index contributed by atoms with van der Waals surface area (Å²) in [5.74, 6) is -0.334. The molecule has 3 aliphatic heterocycles. The van der Waals surface area contributed by atoms with Crippen molar-refractivity contribution >= 4 is 16.4 Å². The van der Waals surface area contributed by atoms with Crippen LogP contribution in [0.2, 0.25) is 0 Å². The van der Waals surface area contributed by atoms with Gasteiger partial charge < -0.3 is 63.7 Å². The Morgan fingerprint density at radius 3 is 2.21 bits per heavy atom. The van der Waals surface area contributed by atoms with Crippen LogP contribution in [0.3, 0.4) is 0 Å². The van der Waals surface area contributed by atoms with Gasteiger partial charge in [0.25, 0.3) is 0 Å². The molecule has 320 valence electrons. The van der Waals surface area contributed by atoms with E-state index in [2.05, 4.69) is 47.6 Å². The third-order valence-electron chi connectivity index (χ3n) is 15.4. The maximum Gasteiger partial charge on any atom is 1.00 e. The number of carbonyl (C=O) groups excluding carboxylic acids is 1. The zero-order valence-electron chi connectivity index (χ0n) is 34.9. The molecule has 3 saturated carbocycles. The molecule has 7 aliphatic rings. The van der Waals surface area contributed by atoms with E-state index in [9.17, 15) is 48.4 Å². The van der Waals surface area contributed by atoms with Crippen LogP contribution in [-0.4, -0.2) is 131 Å². The van der Waals surface area contributed by atoms with Gasteiger partial charge in [-0.25, -0.2) is 8.42 Å². The summed E-state index contributed by atoms with van der Waals surface area (Å²) in [5, 5.41) is 64.2. The molecular weight excluding hydrogens is 802 g/mol. The molecule has 0 aromatic carbocycles. The molecule has 16 nitrogen and oxygen atoms in total. The first kappa shape index (κ1) is 49.7. The molecule has 21 atom stereocenters. The van der Waals surface area contributed by atoms with Crippen LogP contribution in [0.1, 0.15) is 86.5 Å². The zero-order valence-corrected chi connectivity index (χ0v) is 39.7. The Labute approximate surface area is 385 Å². The number of epoxide rings is 1. The fourth-order valence-corrected chi connectivity index (χ4v) is 12.4. The molecule has 4 aliphatic carbocycles. The number of carboxylic acids is 1. The minimum atomic E-state index is -5.12. The summed E-state index contributed by atoms with van der Waals surface area (Å²) >= 11 is 0. The summed E-state index contributed by atoms with van der Waals surface area (Å²) in [6, 6.07) is 0. The normalized spacial score (nSPS) is 48.6. The van der Waals surface area contributed by atoms with E-state index in [4.69, 9.17) is 27.9 Å². The van der Waals surface area contributed by atoms with Crippen molar-refractivity contribution in [3.05, 3.63) is 11.6 Å². The summed E-state index contributed by atoms with van der Waals surface area (Å²) in [4.78, 5) is 11.9. The zero-order chi connectivity index (χ0) is 40.8. The number of allylic oxidation sites excluding steroid dienone is 2. The number of ether oxygens (including phenoxy) is 5. The van der Waals surface area contributed by atoms with Crippen molar-refractivity contribution in [3.63, 3.8) is 0 Å². The summed E-state index contributed by atoms with van der Waals surface area (Å²) in [5.41, 5.74) is 0.626. The predicted molar refractivity (Wildman–Crippen MR) is 190 cm³/mol. The minimum absolute atomic E-state index is 0. The second-order valence-electron chi connectivity index (χ2n) is 18.7. The second-order valence-corrected chi connectivity index (χ2v) is 19.7. The van der Waals surface area contributed by atoms with Gasteiger partial charge in [0.05, 0.1) is 37.0 Å². The van der Waals surface area contributed by atoms with Crippen LogP contribution in [0.4, 0.5) is 0 Å². The van der Waals surface area contributed by atoms with Crippen molar-refractivity contribution in [1.82, 2.24) is 0 Å². The molecule has 0 aromatic heterocycles. The van der Waals surface area contributed by atoms with Gasteiger partial charge in [-0.3, -0.25) is 4.18 Å². The maximum atomic E-state index is 12.3. The third-order valence-corrected chi connectivity index (χ3v) is 15.9. The fraction of sp³-hybridized carbons (Fsp3) is 0.923. The van der Waals surface area contributed by atoms with Gasteiger partial charge in [-0.2, -0.15) is 0 Å². The van der Waals surface area contributed by atoms with E-state index in [0.29, 0.717) is 42.9 Å². The van der Waals surface area contributed by atoms with Crippen molar-refractivity contribution in [3.8, 4) is 0 Å². The van der Waals surface area contributed by atoms with Gasteiger partial charge in [-0.05, 0) is 97.2 Å². The predicted octanol–water partition coefficient (Wildman–Crippen LogP) is -5.87. The molecule has 3 saturated heterocycles. The van der Waals surface area contributed by atoms with E-state index in [0.717, 1.165) is 19.3 Å². The summed E-state index contributed by atoms with van der Waals surface area (Å²) in [6.07, 6.45) is -10.5. The summed E-state index contributed by atoms with van der Waals surface area (Å²) in [6.45, 7) is 13.0. The Bertz CT molecular complexity index is 1600. The van der Waals surface area contributed by atoms with Gasteiger partial charge in [0.1, 0.15) is 42.7 Å². The SMILES string of the molecule is CC(C)[C@H](C)[C@@H]1O[C@H]1[C@@H](C)[C@H]1CC[C@H]2[C@@H]3C[C@H](OS(=O)(=O)[O-])[C@H]4C[C@@H](O[C@@H]5O[C@H](C(=O)[O-])[C@@H](O)[C@H](O)[C@H]5O[C@@H]5OC[C@H](O)[C@H](O)[C@H]5O)CC[C@]4(C)C3=CC[C@]12C.[Na+].[Na+]. The van der Waals surface area contributed by atoms with Gasteiger partial charge in [0.15, 0.2) is 12.6 Å². The Kier molecular flexibility index (Phi) is 16.0. The van der Waals surface area contributed by atoms with Crippen LogP contribution in [0, 0.1) is 52.3 Å². The van der Waals surface area contributed by atoms with Gasteiger partial charge in [-0.15, -0.1) is 0 Å². The summed E-state index contributed by atoms with van der Waals surface area (Å²) in [7, 11) is -5.12. The number of aliphatic carboxylic acids is 1. The molecule has 19 heteroatoms. The number of hydrogen-bond donors (Lipinski definition) is 5. The van der Waals surface area contributed by atoms with Crippen molar-refractivity contribution in [2.75, 3.05) is 6.61 Å². The first-order valence-corrected chi connectivity index (χ1v) is 21.7. The Hall–Kier alpha value is 0.680. The van der Waals surface area contributed by atoms with E-state index >= 15 is 0 Å². The summed E-state index contributed by atoms with van der Waals surface area (Å²) < 4.78 is 71.6. The van der Waals surface area contributed by atoms with Crippen molar-refractivity contribution < 1.29 is 135 Å². The molecular formula is C39H60Na2O16S. The van der Waals surface area contributed by atoms with E-state index in [1.807, 2.05) is 0 Å². The fourth-order valence-electron chi connectivity index (χ4n) is 11.9. The third kappa shape index (κ3) is 9.27. The average molecular weight is 863 g/mol. The van der Waals surface area contributed by atoms with Crippen molar-refractivity contribution in [1.29, 1.82) is 0 Å². The van der Waals surface area contributed by atoms with Gasteiger partial charge >= 0.3 is 59.1 Å². The molecule has 0 bridgehead atoms. The number of hydrogen-bond acceptors (Lipinski definition) is 16. The largest absolute Gasteiger partial charge is 1.00 e. The van der Waals surface area contributed by atoms with Crippen LogP contribution in [0.25, 0.3) is 0 Å². The minimum Gasteiger partial charge on any atom is -0.726 e. The topological polar surface area (TPSA) is 257 Å². The van der Waals surface area contributed by atoms with Crippen LogP contribution in [0.5, 0.6) is 0 Å². The molecule has 5 N–H and O–H groups in total. The maximum absolute atomic E-state index is 12.3. The molecule has 58 heavy (non-hydrogen) atoms.